The molecule has 0 saturated carbocycles. The summed E-state index contributed by atoms with van der Waals surface area (Å²) < 4.78 is 4.56. The minimum atomic E-state index is -1.83. The first-order valence-electron chi connectivity index (χ1n) is 2.12. The second-order valence-corrected chi connectivity index (χ2v) is 1.34. The van der Waals surface area contributed by atoms with Gasteiger partial charge in [0.15, 0.2) is 0 Å². The van der Waals surface area contributed by atoms with Gasteiger partial charge in [-0.15, -0.1) is 11.6 Å². The second kappa shape index (κ2) is 10.5. The highest BCUT2D eigenvalue weighted by Crippen LogP contribution is 1.70. The maximum Gasteiger partial charge on any atom is 0.503 e. The van der Waals surface area contributed by atoms with E-state index in [4.69, 9.17) is 26.6 Å². The predicted octanol–water partition coefficient (Wildman–Crippen LogP) is 1.09. The van der Waals surface area contributed by atoms with Crippen LogP contribution in [0.3, 0.4) is 0 Å². The molecule has 56 valence electrons. The van der Waals surface area contributed by atoms with Crippen LogP contribution in [-0.4, -0.2) is 36.0 Å². The van der Waals surface area contributed by atoms with Gasteiger partial charge in [-0.2, -0.15) is 0 Å². The molecule has 0 unspecified atom stereocenters. The van der Waals surface area contributed by atoms with Crippen molar-refractivity contribution >= 4 is 17.8 Å². The van der Waals surface area contributed by atoms with Gasteiger partial charge in [-0.1, -0.05) is 0 Å². The second-order valence-electron chi connectivity index (χ2n) is 0.964. The molecule has 0 aromatic heterocycles. The quantitative estimate of drug-likeness (QED) is 0.588. The molecule has 0 saturated heterocycles. The van der Waals surface area contributed by atoms with E-state index in [9.17, 15) is 0 Å². The van der Waals surface area contributed by atoms with Gasteiger partial charge in [0.25, 0.3) is 0 Å². The van der Waals surface area contributed by atoms with E-state index in [-0.39, 0.29) is 0 Å². The molecule has 0 aliphatic rings. The van der Waals surface area contributed by atoms with Crippen molar-refractivity contribution < 1.29 is 19.7 Å². The van der Waals surface area contributed by atoms with E-state index in [1.807, 2.05) is 0 Å². The van der Waals surface area contributed by atoms with Crippen LogP contribution in [0.25, 0.3) is 0 Å². The Hall–Kier alpha value is -0.480. The molecule has 0 aromatic carbocycles. The monoisotopic (exact) mass is 156 g/mol. The third kappa shape index (κ3) is 99.2. The van der Waals surface area contributed by atoms with Gasteiger partial charge in [0.05, 0.1) is 6.61 Å². The average Bonchev–Trinajstić information content (AvgIpc) is 1.66. The molecule has 4 nitrogen and oxygen atoms in total. The summed E-state index contributed by atoms with van der Waals surface area (Å²) in [6.45, 7) is 0.654. The molecule has 0 spiro atoms. The first kappa shape index (κ1) is 11.3. The van der Waals surface area contributed by atoms with Crippen molar-refractivity contribution in [3.05, 3.63) is 0 Å². The third-order valence-electron chi connectivity index (χ3n) is 0.281. The topological polar surface area (TPSA) is 66.8 Å². The number of halogens is 1. The predicted molar refractivity (Wildman–Crippen MR) is 33.2 cm³/mol. The molecular weight excluding hydrogens is 147 g/mol. The van der Waals surface area contributed by atoms with Crippen LogP contribution in [0.1, 0.15) is 0 Å². The van der Waals surface area contributed by atoms with Gasteiger partial charge in [0.2, 0.25) is 0 Å². The van der Waals surface area contributed by atoms with Crippen molar-refractivity contribution in [2.45, 2.75) is 0 Å². The molecule has 0 aliphatic carbocycles. The van der Waals surface area contributed by atoms with E-state index in [0.29, 0.717) is 12.5 Å². The van der Waals surface area contributed by atoms with E-state index in [1.165, 1.54) is 0 Å². The molecule has 0 amide bonds. The zero-order chi connectivity index (χ0) is 7.70. The molecule has 0 bridgehead atoms. The fourth-order valence-corrected chi connectivity index (χ4v) is 0.231. The van der Waals surface area contributed by atoms with Gasteiger partial charge in [-0.25, -0.2) is 4.79 Å². The molecular formula is C4H9ClO4. The maximum absolute atomic E-state index is 8.56. The van der Waals surface area contributed by atoms with Gasteiger partial charge in [0.1, 0.15) is 0 Å². The first-order chi connectivity index (χ1) is 4.15. The molecule has 0 radical (unpaired) electrons. The summed E-state index contributed by atoms with van der Waals surface area (Å²) in [6.07, 6.45) is -1.83. The van der Waals surface area contributed by atoms with Crippen molar-refractivity contribution in [3.63, 3.8) is 0 Å². The Morgan fingerprint density at radius 3 is 2.00 bits per heavy atom. The third-order valence-corrected chi connectivity index (χ3v) is 0.436. The van der Waals surface area contributed by atoms with Crippen LogP contribution >= 0.6 is 11.6 Å². The lowest BCUT2D eigenvalue weighted by atomic mass is 10.9. The van der Waals surface area contributed by atoms with Crippen molar-refractivity contribution in [2.24, 2.45) is 0 Å². The average molecular weight is 157 g/mol. The minimum Gasteiger partial charge on any atom is -0.450 e. The standard InChI is InChI=1S/C3H7ClO.CH2O3/c1-5-3-2-4;2-1(3)4/h2-3H2,1H3;(H2,2,3,4). The Morgan fingerprint density at radius 1 is 1.67 bits per heavy atom. The molecule has 5 heteroatoms. The van der Waals surface area contributed by atoms with Gasteiger partial charge >= 0.3 is 6.16 Å². The van der Waals surface area contributed by atoms with Crippen molar-refractivity contribution in [1.82, 2.24) is 0 Å². The minimum absolute atomic E-state index is 0.594. The smallest absolute Gasteiger partial charge is 0.450 e. The van der Waals surface area contributed by atoms with Crippen molar-refractivity contribution in [3.8, 4) is 0 Å². The summed E-state index contributed by atoms with van der Waals surface area (Å²) in [5, 5.41) is 13.9. The Balaban J connectivity index is 0. The fourth-order valence-electron chi connectivity index (χ4n) is 0.0772. The zero-order valence-corrected chi connectivity index (χ0v) is 5.76. The molecule has 0 heterocycles. The summed E-state index contributed by atoms with van der Waals surface area (Å²) in [7, 11) is 1.63. The number of ether oxygens (including phenoxy) is 1. The number of hydrogen-bond acceptors (Lipinski definition) is 2. The van der Waals surface area contributed by atoms with E-state index >= 15 is 0 Å². The van der Waals surface area contributed by atoms with Crippen LogP contribution < -0.4 is 0 Å². The van der Waals surface area contributed by atoms with Crippen LogP contribution in [0.15, 0.2) is 0 Å². The summed E-state index contributed by atoms with van der Waals surface area (Å²) in [4.78, 5) is 8.56. The van der Waals surface area contributed by atoms with Gasteiger partial charge in [-0.3, -0.25) is 0 Å². The summed E-state index contributed by atoms with van der Waals surface area (Å²) >= 11 is 5.18. The SMILES string of the molecule is COCCCl.O=C(O)O. The fraction of sp³-hybridized carbons (Fsp3) is 0.750. The van der Waals surface area contributed by atoms with Gasteiger partial charge < -0.3 is 14.9 Å². The van der Waals surface area contributed by atoms with Gasteiger partial charge in [0, 0.05) is 13.0 Å². The van der Waals surface area contributed by atoms with Crippen LogP contribution in [-0.2, 0) is 4.74 Å². The number of carboxylic acid groups (broad SMARTS) is 2. The van der Waals surface area contributed by atoms with Crippen molar-refractivity contribution in [1.29, 1.82) is 0 Å². The Kier molecular flexibility index (Phi) is 13.2. The Morgan fingerprint density at radius 2 is 2.00 bits per heavy atom. The molecule has 2 N–H and O–H groups in total. The normalized spacial score (nSPS) is 7.33. The lowest BCUT2D eigenvalue weighted by molar-refractivity contribution is 0.137. The number of methoxy groups -OCH3 is 1. The zero-order valence-electron chi connectivity index (χ0n) is 5.00. The highest BCUT2D eigenvalue weighted by Gasteiger charge is 1.70. The molecule has 9 heavy (non-hydrogen) atoms. The Labute approximate surface area is 58.0 Å². The number of carbonyl (C=O) groups is 1. The van der Waals surface area contributed by atoms with Crippen LogP contribution in [0.5, 0.6) is 0 Å². The maximum atomic E-state index is 8.56. The highest BCUT2D eigenvalue weighted by atomic mass is 35.5. The Bertz CT molecular complexity index is 59.6. The lowest BCUT2D eigenvalue weighted by Crippen LogP contribution is -1.85. The van der Waals surface area contributed by atoms with Crippen LogP contribution in [0.4, 0.5) is 4.79 Å². The van der Waals surface area contributed by atoms with Gasteiger partial charge in [-0.05, 0) is 0 Å². The van der Waals surface area contributed by atoms with Crippen LogP contribution in [0, 0.1) is 0 Å². The lowest BCUT2D eigenvalue weighted by Gasteiger charge is -1.82. The largest absolute Gasteiger partial charge is 0.503 e. The molecule has 0 aromatic rings. The highest BCUT2D eigenvalue weighted by molar-refractivity contribution is 6.17. The number of alkyl halides is 1. The van der Waals surface area contributed by atoms with Crippen molar-refractivity contribution in [2.75, 3.05) is 19.6 Å². The molecule has 0 atom stereocenters. The number of hydrogen-bond donors (Lipinski definition) is 2. The summed E-state index contributed by atoms with van der Waals surface area (Å²) in [5.41, 5.74) is 0. The summed E-state index contributed by atoms with van der Waals surface area (Å²) in [6, 6.07) is 0. The van der Waals surface area contributed by atoms with Crippen LogP contribution in [0.2, 0.25) is 0 Å². The first-order valence-corrected chi connectivity index (χ1v) is 2.65. The van der Waals surface area contributed by atoms with E-state index in [1.54, 1.807) is 7.11 Å². The number of rotatable bonds is 2. The van der Waals surface area contributed by atoms with E-state index in [2.05, 4.69) is 4.74 Å². The molecule has 0 fully saturated rings. The van der Waals surface area contributed by atoms with E-state index < -0.39 is 6.16 Å². The van der Waals surface area contributed by atoms with E-state index in [0.717, 1.165) is 0 Å². The molecule has 0 aliphatic heterocycles. The summed E-state index contributed by atoms with van der Waals surface area (Å²) in [5.74, 6) is 0.594. The molecule has 0 rings (SSSR count).